The number of hydrogen-bond acceptors (Lipinski definition) is 3. The molecule has 1 aromatic carbocycles. The normalized spacial score (nSPS) is 15.2. The van der Waals surface area contributed by atoms with Gasteiger partial charge in [0.1, 0.15) is 5.69 Å². The summed E-state index contributed by atoms with van der Waals surface area (Å²) < 4.78 is 1.85. The second-order valence-corrected chi connectivity index (χ2v) is 6.95. The average molecular weight is 350 g/mol. The van der Waals surface area contributed by atoms with E-state index in [1.165, 1.54) is 44.4 Å². The first-order chi connectivity index (χ1) is 12.7. The van der Waals surface area contributed by atoms with Crippen LogP contribution in [0.5, 0.6) is 0 Å². The molecule has 0 aliphatic heterocycles. The van der Waals surface area contributed by atoms with Crippen LogP contribution in [0, 0.1) is 5.92 Å². The molecule has 1 fully saturated rings. The number of benzene rings is 1. The molecule has 0 atom stereocenters. The molecule has 6 heteroatoms. The van der Waals surface area contributed by atoms with Gasteiger partial charge in [-0.05, 0) is 30.9 Å². The minimum Gasteiger partial charge on any atom is -0.329 e. The molecule has 4 rings (SSSR count). The molecular formula is C20H22N4O2. The van der Waals surface area contributed by atoms with Crippen LogP contribution in [-0.4, -0.2) is 20.7 Å². The number of H-pyrrole nitrogens is 1. The minimum absolute atomic E-state index is 0.236. The zero-order valence-corrected chi connectivity index (χ0v) is 14.6. The molecule has 0 spiro atoms. The van der Waals surface area contributed by atoms with E-state index in [1.807, 2.05) is 28.9 Å². The molecule has 0 unspecified atom stereocenters. The van der Waals surface area contributed by atoms with E-state index >= 15 is 0 Å². The SMILES string of the molecule is O=C(Nc1cc[nH]c(=O)c1)c1c2ccccc2nn1CC1CCCCC1. The fraction of sp³-hybridized carbons (Fsp3) is 0.350. The summed E-state index contributed by atoms with van der Waals surface area (Å²) in [6, 6.07) is 10.7. The van der Waals surface area contributed by atoms with Crippen molar-refractivity contribution >= 4 is 22.5 Å². The maximum atomic E-state index is 13.0. The molecule has 0 bridgehead atoms. The van der Waals surface area contributed by atoms with Crippen molar-refractivity contribution < 1.29 is 4.79 Å². The Hall–Kier alpha value is -2.89. The Morgan fingerprint density at radius 3 is 2.81 bits per heavy atom. The smallest absolute Gasteiger partial charge is 0.274 e. The van der Waals surface area contributed by atoms with Crippen LogP contribution in [0.1, 0.15) is 42.6 Å². The molecule has 2 N–H and O–H groups in total. The van der Waals surface area contributed by atoms with Crippen molar-refractivity contribution in [2.24, 2.45) is 5.92 Å². The number of aromatic amines is 1. The number of carbonyl (C=O) groups is 1. The molecule has 0 radical (unpaired) electrons. The third-order valence-corrected chi connectivity index (χ3v) is 5.05. The summed E-state index contributed by atoms with van der Waals surface area (Å²) in [4.78, 5) is 27.0. The lowest BCUT2D eigenvalue weighted by Crippen LogP contribution is -2.22. The molecule has 1 aliphatic carbocycles. The highest BCUT2D eigenvalue weighted by atomic mass is 16.2. The van der Waals surface area contributed by atoms with Gasteiger partial charge in [0.2, 0.25) is 5.56 Å². The Kier molecular flexibility index (Phi) is 4.56. The summed E-state index contributed by atoms with van der Waals surface area (Å²) in [6.45, 7) is 0.757. The highest BCUT2D eigenvalue weighted by Crippen LogP contribution is 2.27. The Bertz CT molecular complexity index is 983. The van der Waals surface area contributed by atoms with Gasteiger partial charge in [0, 0.05) is 29.9 Å². The second-order valence-electron chi connectivity index (χ2n) is 6.95. The van der Waals surface area contributed by atoms with E-state index in [1.54, 1.807) is 6.07 Å². The van der Waals surface area contributed by atoms with Crippen molar-refractivity contribution in [2.45, 2.75) is 38.6 Å². The average Bonchev–Trinajstić information content (AvgIpc) is 3.00. The maximum absolute atomic E-state index is 13.0. The standard InChI is InChI=1S/C20H22N4O2/c25-18-12-15(10-11-21-18)22-20(26)19-16-8-4-5-9-17(16)23-24(19)13-14-6-2-1-3-7-14/h4-5,8-12,14H,1-3,6-7,13H2,(H2,21,22,25,26). The number of pyridine rings is 1. The van der Waals surface area contributed by atoms with Gasteiger partial charge in [-0.3, -0.25) is 14.3 Å². The number of nitrogens with zero attached hydrogens (tertiary/aromatic N) is 2. The van der Waals surface area contributed by atoms with E-state index in [0.29, 0.717) is 17.3 Å². The fourth-order valence-electron chi connectivity index (χ4n) is 3.78. The largest absolute Gasteiger partial charge is 0.329 e. The predicted octanol–water partition coefficient (Wildman–Crippen LogP) is 3.56. The lowest BCUT2D eigenvalue weighted by molar-refractivity contribution is 0.101. The zero-order chi connectivity index (χ0) is 17.9. The van der Waals surface area contributed by atoms with Gasteiger partial charge < -0.3 is 10.3 Å². The minimum atomic E-state index is -0.247. The van der Waals surface area contributed by atoms with Crippen molar-refractivity contribution in [3.05, 3.63) is 58.6 Å². The van der Waals surface area contributed by atoms with E-state index in [4.69, 9.17) is 0 Å². The van der Waals surface area contributed by atoms with Crippen LogP contribution in [0.4, 0.5) is 5.69 Å². The Balaban J connectivity index is 1.68. The first-order valence-electron chi connectivity index (χ1n) is 9.16. The van der Waals surface area contributed by atoms with E-state index in [2.05, 4.69) is 15.4 Å². The zero-order valence-electron chi connectivity index (χ0n) is 14.6. The highest BCUT2D eigenvalue weighted by Gasteiger charge is 2.22. The Morgan fingerprint density at radius 2 is 2.00 bits per heavy atom. The van der Waals surface area contributed by atoms with Crippen LogP contribution < -0.4 is 10.9 Å². The summed E-state index contributed by atoms with van der Waals surface area (Å²) in [5.41, 5.74) is 1.61. The van der Waals surface area contributed by atoms with E-state index in [-0.39, 0.29) is 11.5 Å². The van der Waals surface area contributed by atoms with Crippen molar-refractivity contribution in [1.29, 1.82) is 0 Å². The molecular weight excluding hydrogens is 328 g/mol. The molecule has 2 aromatic heterocycles. The third-order valence-electron chi connectivity index (χ3n) is 5.05. The molecule has 3 aromatic rings. The van der Waals surface area contributed by atoms with Gasteiger partial charge in [-0.15, -0.1) is 0 Å². The summed E-state index contributed by atoms with van der Waals surface area (Å²) in [6.07, 6.45) is 7.69. The van der Waals surface area contributed by atoms with Crippen LogP contribution in [0.15, 0.2) is 47.4 Å². The molecule has 0 saturated heterocycles. The second kappa shape index (κ2) is 7.15. The van der Waals surface area contributed by atoms with Gasteiger partial charge in [-0.2, -0.15) is 5.10 Å². The van der Waals surface area contributed by atoms with Crippen LogP contribution in [-0.2, 0) is 6.54 Å². The van der Waals surface area contributed by atoms with Crippen molar-refractivity contribution in [3.63, 3.8) is 0 Å². The van der Waals surface area contributed by atoms with Crippen LogP contribution in [0.2, 0.25) is 0 Å². The predicted molar refractivity (Wildman–Crippen MR) is 101 cm³/mol. The Morgan fingerprint density at radius 1 is 1.19 bits per heavy atom. The topological polar surface area (TPSA) is 79.8 Å². The Labute approximate surface area is 151 Å². The summed E-state index contributed by atoms with van der Waals surface area (Å²) in [5.74, 6) is 0.323. The van der Waals surface area contributed by atoms with E-state index < -0.39 is 0 Å². The van der Waals surface area contributed by atoms with E-state index in [0.717, 1.165) is 17.4 Å². The molecule has 134 valence electrons. The van der Waals surface area contributed by atoms with Crippen LogP contribution >= 0.6 is 0 Å². The molecule has 1 aliphatic rings. The number of carbonyl (C=O) groups excluding carboxylic acids is 1. The first-order valence-corrected chi connectivity index (χ1v) is 9.16. The highest BCUT2D eigenvalue weighted by molar-refractivity contribution is 6.11. The molecule has 26 heavy (non-hydrogen) atoms. The summed E-state index contributed by atoms with van der Waals surface area (Å²) >= 11 is 0. The summed E-state index contributed by atoms with van der Waals surface area (Å²) in [7, 11) is 0. The first kappa shape index (κ1) is 16.6. The van der Waals surface area contributed by atoms with Gasteiger partial charge in [0.15, 0.2) is 0 Å². The fourth-order valence-corrected chi connectivity index (χ4v) is 3.78. The van der Waals surface area contributed by atoms with E-state index in [9.17, 15) is 9.59 Å². The van der Waals surface area contributed by atoms with Gasteiger partial charge in [-0.1, -0.05) is 37.5 Å². The molecule has 2 heterocycles. The van der Waals surface area contributed by atoms with Crippen LogP contribution in [0.25, 0.3) is 10.9 Å². The molecule has 6 nitrogen and oxygen atoms in total. The van der Waals surface area contributed by atoms with Crippen molar-refractivity contribution in [2.75, 3.05) is 5.32 Å². The van der Waals surface area contributed by atoms with Crippen LogP contribution in [0.3, 0.4) is 0 Å². The number of hydrogen-bond donors (Lipinski definition) is 2. The third kappa shape index (κ3) is 3.40. The lowest BCUT2D eigenvalue weighted by Gasteiger charge is -2.22. The monoisotopic (exact) mass is 350 g/mol. The number of fused-ring (bicyclic) bond motifs is 1. The number of amides is 1. The molecule has 1 amide bonds. The maximum Gasteiger partial charge on any atom is 0.274 e. The van der Waals surface area contributed by atoms with Gasteiger partial charge in [0.05, 0.1) is 5.52 Å². The number of rotatable bonds is 4. The number of aromatic nitrogens is 3. The van der Waals surface area contributed by atoms with Crippen molar-refractivity contribution in [3.8, 4) is 0 Å². The van der Waals surface area contributed by atoms with Gasteiger partial charge in [-0.25, -0.2) is 0 Å². The molecule has 1 saturated carbocycles. The van der Waals surface area contributed by atoms with Crippen molar-refractivity contribution in [1.82, 2.24) is 14.8 Å². The van der Waals surface area contributed by atoms with Gasteiger partial charge >= 0.3 is 0 Å². The quantitative estimate of drug-likeness (QED) is 0.755. The van der Waals surface area contributed by atoms with Gasteiger partial charge in [0.25, 0.3) is 5.91 Å². The lowest BCUT2D eigenvalue weighted by atomic mass is 9.89. The number of anilines is 1. The number of nitrogens with one attached hydrogen (secondary N) is 2. The summed E-state index contributed by atoms with van der Waals surface area (Å²) in [5, 5.41) is 8.35.